The standard InChI is InChI=1S/C9H10INO/c1-3-8(12)7-4-6(2)9(10)11-5-7/h4-5H,3H2,1-2H3. The lowest BCUT2D eigenvalue weighted by molar-refractivity contribution is 0.0987. The number of rotatable bonds is 2. The summed E-state index contributed by atoms with van der Waals surface area (Å²) in [5.74, 6) is 0.155. The van der Waals surface area contributed by atoms with E-state index in [-0.39, 0.29) is 5.78 Å². The van der Waals surface area contributed by atoms with Gasteiger partial charge in [-0.15, -0.1) is 0 Å². The first-order valence-electron chi connectivity index (χ1n) is 3.80. The van der Waals surface area contributed by atoms with E-state index < -0.39 is 0 Å². The maximum Gasteiger partial charge on any atom is 0.164 e. The predicted octanol–water partition coefficient (Wildman–Crippen LogP) is 2.59. The first kappa shape index (κ1) is 9.64. The van der Waals surface area contributed by atoms with Gasteiger partial charge in [0.2, 0.25) is 0 Å². The first-order chi connectivity index (χ1) is 5.65. The Hall–Kier alpha value is -0.450. The Morgan fingerprint density at radius 2 is 2.33 bits per heavy atom. The average Bonchev–Trinajstić information content (AvgIpc) is 2.08. The van der Waals surface area contributed by atoms with Gasteiger partial charge in [-0.25, -0.2) is 4.98 Å². The van der Waals surface area contributed by atoms with Crippen molar-refractivity contribution in [2.75, 3.05) is 0 Å². The van der Waals surface area contributed by atoms with Gasteiger partial charge in [-0.3, -0.25) is 4.79 Å². The van der Waals surface area contributed by atoms with Crippen LogP contribution in [-0.2, 0) is 0 Å². The van der Waals surface area contributed by atoms with Gasteiger partial charge in [0.25, 0.3) is 0 Å². The fourth-order valence-electron chi connectivity index (χ4n) is 0.915. The summed E-state index contributed by atoms with van der Waals surface area (Å²) in [5.41, 5.74) is 1.78. The summed E-state index contributed by atoms with van der Waals surface area (Å²) in [6.07, 6.45) is 2.18. The number of carbonyl (C=O) groups is 1. The Bertz CT molecular complexity index is 309. The van der Waals surface area contributed by atoms with Crippen LogP contribution in [0.1, 0.15) is 29.3 Å². The Morgan fingerprint density at radius 3 is 2.83 bits per heavy atom. The lowest BCUT2D eigenvalue weighted by Gasteiger charge is -2.00. The van der Waals surface area contributed by atoms with Crippen molar-refractivity contribution in [3.8, 4) is 0 Å². The summed E-state index contributed by atoms with van der Waals surface area (Å²) in [6.45, 7) is 3.82. The number of carbonyl (C=O) groups excluding carboxylic acids is 1. The Balaban J connectivity index is 3.05. The van der Waals surface area contributed by atoms with Crippen molar-refractivity contribution < 1.29 is 4.79 Å². The molecular weight excluding hydrogens is 265 g/mol. The van der Waals surface area contributed by atoms with Crippen LogP contribution < -0.4 is 0 Å². The van der Waals surface area contributed by atoms with Gasteiger partial charge in [-0.1, -0.05) is 6.92 Å². The highest BCUT2D eigenvalue weighted by Gasteiger charge is 2.04. The zero-order chi connectivity index (χ0) is 9.14. The first-order valence-corrected chi connectivity index (χ1v) is 4.88. The number of Topliss-reactive ketones (excluding diaryl/α,β-unsaturated/α-hetero) is 1. The van der Waals surface area contributed by atoms with Crippen LogP contribution in [0.15, 0.2) is 12.3 Å². The van der Waals surface area contributed by atoms with Gasteiger partial charge in [-0.2, -0.15) is 0 Å². The Labute approximate surface area is 85.5 Å². The van der Waals surface area contributed by atoms with Gasteiger partial charge >= 0.3 is 0 Å². The molecule has 0 radical (unpaired) electrons. The van der Waals surface area contributed by atoms with Crippen molar-refractivity contribution in [2.45, 2.75) is 20.3 Å². The highest BCUT2D eigenvalue weighted by Crippen LogP contribution is 2.11. The molecule has 1 aromatic heterocycles. The molecule has 0 aliphatic heterocycles. The van der Waals surface area contributed by atoms with E-state index in [2.05, 4.69) is 27.6 Å². The number of hydrogen-bond acceptors (Lipinski definition) is 2. The van der Waals surface area contributed by atoms with E-state index in [0.717, 1.165) is 14.8 Å². The summed E-state index contributed by atoms with van der Waals surface area (Å²) in [6, 6.07) is 1.89. The van der Waals surface area contributed by atoms with Crippen molar-refractivity contribution >= 4 is 28.4 Å². The van der Waals surface area contributed by atoms with Crippen LogP contribution in [0.2, 0.25) is 0 Å². The normalized spacial score (nSPS) is 9.92. The molecule has 0 spiro atoms. The number of pyridine rings is 1. The molecule has 64 valence electrons. The summed E-state index contributed by atoms with van der Waals surface area (Å²) >= 11 is 2.15. The van der Waals surface area contributed by atoms with E-state index in [1.807, 2.05) is 19.9 Å². The fourth-order valence-corrected chi connectivity index (χ4v) is 1.21. The average molecular weight is 275 g/mol. The Kier molecular flexibility index (Phi) is 3.20. The van der Waals surface area contributed by atoms with Crippen LogP contribution in [0.5, 0.6) is 0 Å². The number of aryl methyl sites for hydroxylation is 1. The predicted molar refractivity (Wildman–Crippen MR) is 56.3 cm³/mol. The van der Waals surface area contributed by atoms with Gasteiger partial charge in [0, 0.05) is 18.2 Å². The van der Waals surface area contributed by atoms with Gasteiger partial charge < -0.3 is 0 Å². The molecule has 0 N–H and O–H groups in total. The summed E-state index contributed by atoms with van der Waals surface area (Å²) in [7, 11) is 0. The van der Waals surface area contributed by atoms with E-state index in [9.17, 15) is 4.79 Å². The zero-order valence-electron chi connectivity index (χ0n) is 7.10. The van der Waals surface area contributed by atoms with E-state index in [0.29, 0.717) is 6.42 Å². The molecule has 0 atom stereocenters. The molecule has 0 aliphatic rings. The molecule has 1 aromatic rings. The maximum atomic E-state index is 11.2. The lowest BCUT2D eigenvalue weighted by atomic mass is 10.1. The molecule has 3 heteroatoms. The molecule has 0 aromatic carbocycles. The molecule has 0 unspecified atom stereocenters. The van der Waals surface area contributed by atoms with Crippen molar-refractivity contribution in [2.24, 2.45) is 0 Å². The van der Waals surface area contributed by atoms with Crippen LogP contribution in [0.4, 0.5) is 0 Å². The third kappa shape index (κ3) is 2.03. The molecule has 2 nitrogen and oxygen atoms in total. The highest BCUT2D eigenvalue weighted by atomic mass is 127. The number of hydrogen-bond donors (Lipinski definition) is 0. The highest BCUT2D eigenvalue weighted by molar-refractivity contribution is 14.1. The number of halogens is 1. The SMILES string of the molecule is CCC(=O)c1cnc(I)c(C)c1. The quantitative estimate of drug-likeness (QED) is 0.471. The van der Waals surface area contributed by atoms with Crippen molar-refractivity contribution in [3.63, 3.8) is 0 Å². The minimum Gasteiger partial charge on any atom is -0.294 e. The lowest BCUT2D eigenvalue weighted by Crippen LogP contribution is -1.99. The van der Waals surface area contributed by atoms with E-state index in [1.165, 1.54) is 0 Å². The third-order valence-electron chi connectivity index (χ3n) is 1.66. The zero-order valence-corrected chi connectivity index (χ0v) is 9.25. The molecule has 0 saturated heterocycles. The van der Waals surface area contributed by atoms with E-state index in [4.69, 9.17) is 0 Å². The number of aromatic nitrogens is 1. The third-order valence-corrected chi connectivity index (χ3v) is 2.79. The second-order valence-electron chi connectivity index (χ2n) is 2.61. The van der Waals surface area contributed by atoms with Crippen LogP contribution in [0, 0.1) is 10.6 Å². The van der Waals surface area contributed by atoms with Crippen molar-refractivity contribution in [3.05, 3.63) is 27.1 Å². The summed E-state index contributed by atoms with van der Waals surface area (Å²) < 4.78 is 0.959. The molecule has 0 fully saturated rings. The van der Waals surface area contributed by atoms with Gasteiger partial charge in [0.1, 0.15) is 3.70 Å². The van der Waals surface area contributed by atoms with Crippen LogP contribution in [0.3, 0.4) is 0 Å². The second kappa shape index (κ2) is 3.98. The van der Waals surface area contributed by atoms with Gasteiger partial charge in [0.05, 0.1) is 0 Å². The largest absolute Gasteiger partial charge is 0.294 e. The molecule has 0 amide bonds. The molecule has 1 rings (SSSR count). The van der Waals surface area contributed by atoms with Crippen molar-refractivity contribution in [1.82, 2.24) is 4.98 Å². The van der Waals surface area contributed by atoms with Gasteiger partial charge in [-0.05, 0) is 41.1 Å². The molecule has 0 bridgehead atoms. The van der Waals surface area contributed by atoms with Crippen LogP contribution in [-0.4, -0.2) is 10.8 Å². The van der Waals surface area contributed by atoms with Crippen LogP contribution in [0.25, 0.3) is 0 Å². The number of nitrogens with zero attached hydrogens (tertiary/aromatic N) is 1. The minimum absolute atomic E-state index is 0.155. The fraction of sp³-hybridized carbons (Fsp3) is 0.333. The van der Waals surface area contributed by atoms with Crippen LogP contribution >= 0.6 is 22.6 Å². The molecular formula is C9H10INO. The molecule has 1 heterocycles. The topological polar surface area (TPSA) is 30.0 Å². The van der Waals surface area contributed by atoms with Gasteiger partial charge in [0.15, 0.2) is 5.78 Å². The van der Waals surface area contributed by atoms with E-state index >= 15 is 0 Å². The maximum absolute atomic E-state index is 11.2. The summed E-state index contributed by atoms with van der Waals surface area (Å²) in [4.78, 5) is 15.3. The Morgan fingerprint density at radius 1 is 1.67 bits per heavy atom. The second-order valence-corrected chi connectivity index (χ2v) is 3.63. The van der Waals surface area contributed by atoms with E-state index in [1.54, 1.807) is 6.20 Å². The molecule has 12 heavy (non-hydrogen) atoms. The number of ketones is 1. The smallest absolute Gasteiger partial charge is 0.164 e. The monoisotopic (exact) mass is 275 g/mol. The summed E-state index contributed by atoms with van der Waals surface area (Å²) in [5, 5.41) is 0. The molecule has 0 aliphatic carbocycles. The van der Waals surface area contributed by atoms with Crippen molar-refractivity contribution in [1.29, 1.82) is 0 Å². The minimum atomic E-state index is 0.155. The molecule has 0 saturated carbocycles.